The lowest BCUT2D eigenvalue weighted by Crippen LogP contribution is -2.31. The van der Waals surface area contributed by atoms with E-state index in [1.807, 2.05) is 0 Å². The molecule has 1 N–H and O–H groups in total. The summed E-state index contributed by atoms with van der Waals surface area (Å²) >= 11 is 0. The molecule has 2 atom stereocenters. The number of rotatable bonds is 2. The first-order chi connectivity index (χ1) is 6.19. The van der Waals surface area contributed by atoms with Gasteiger partial charge in [0, 0.05) is 6.54 Å². The summed E-state index contributed by atoms with van der Waals surface area (Å²) < 4.78 is 9.11. The van der Waals surface area contributed by atoms with Gasteiger partial charge in [-0.15, -0.1) is 0 Å². The third-order valence-corrected chi connectivity index (χ3v) is 2.15. The van der Waals surface area contributed by atoms with Crippen LogP contribution in [0.25, 0.3) is 0 Å². The van der Waals surface area contributed by atoms with Crippen LogP contribution in [0.4, 0.5) is 0 Å². The molecule has 74 valence electrons. The highest BCUT2D eigenvalue weighted by Crippen LogP contribution is 2.15. The summed E-state index contributed by atoms with van der Waals surface area (Å²) in [6.07, 6.45) is 0.458. The van der Waals surface area contributed by atoms with E-state index in [1.165, 1.54) is 14.2 Å². The second-order valence-electron chi connectivity index (χ2n) is 2.94. The Morgan fingerprint density at radius 2 is 1.85 bits per heavy atom. The molecule has 1 saturated heterocycles. The fourth-order valence-corrected chi connectivity index (χ4v) is 1.40. The van der Waals surface area contributed by atoms with E-state index in [0.717, 1.165) is 0 Å². The Morgan fingerprint density at radius 3 is 2.38 bits per heavy atom. The molecule has 0 saturated carbocycles. The Hall–Kier alpha value is -1.10. The first-order valence-electron chi connectivity index (χ1n) is 4.08. The number of ether oxygens (including phenoxy) is 2. The van der Waals surface area contributed by atoms with Gasteiger partial charge in [-0.3, -0.25) is 9.59 Å². The molecule has 1 rings (SSSR count). The molecule has 13 heavy (non-hydrogen) atoms. The molecule has 5 heteroatoms. The first kappa shape index (κ1) is 9.98. The number of carbonyl (C=O) groups excluding carboxylic acids is 2. The number of methoxy groups -OCH3 is 2. The molecule has 1 aliphatic heterocycles. The van der Waals surface area contributed by atoms with Crippen molar-refractivity contribution in [2.24, 2.45) is 5.92 Å². The third kappa shape index (κ3) is 2.18. The first-order valence-corrected chi connectivity index (χ1v) is 4.08. The van der Waals surface area contributed by atoms with E-state index in [0.29, 0.717) is 13.0 Å². The Kier molecular flexibility index (Phi) is 3.25. The minimum atomic E-state index is -0.367. The van der Waals surface area contributed by atoms with Gasteiger partial charge in [0.05, 0.1) is 20.1 Å². The highest BCUT2D eigenvalue weighted by molar-refractivity contribution is 5.79. The topological polar surface area (TPSA) is 64.6 Å². The maximum atomic E-state index is 11.1. The monoisotopic (exact) mass is 187 g/mol. The van der Waals surface area contributed by atoms with E-state index in [2.05, 4.69) is 14.8 Å². The van der Waals surface area contributed by atoms with Crippen LogP contribution in [-0.4, -0.2) is 38.7 Å². The van der Waals surface area contributed by atoms with Gasteiger partial charge in [-0.05, 0) is 6.42 Å². The zero-order valence-electron chi connectivity index (χ0n) is 7.70. The average Bonchev–Trinajstić information content (AvgIpc) is 2.64. The number of nitrogens with one attached hydrogen (secondary N) is 1. The van der Waals surface area contributed by atoms with E-state index in [9.17, 15) is 9.59 Å². The maximum Gasteiger partial charge on any atom is 0.322 e. The predicted octanol–water partition coefficient (Wildman–Crippen LogP) is -0.690. The van der Waals surface area contributed by atoms with Gasteiger partial charge in [0.1, 0.15) is 6.04 Å². The van der Waals surface area contributed by atoms with Crippen molar-refractivity contribution in [3.63, 3.8) is 0 Å². The van der Waals surface area contributed by atoms with Crippen LogP contribution in [0.3, 0.4) is 0 Å². The van der Waals surface area contributed by atoms with Crippen molar-refractivity contribution in [1.82, 2.24) is 5.32 Å². The van der Waals surface area contributed by atoms with Crippen LogP contribution in [0, 0.1) is 5.92 Å². The Labute approximate surface area is 76.4 Å². The molecule has 1 fully saturated rings. The third-order valence-electron chi connectivity index (χ3n) is 2.15. The minimum absolute atomic E-state index is 0.228. The standard InChI is InChI=1S/C8H13NO4/c1-12-7(10)5-3-6(9-4-5)8(11)13-2/h5-6,9H,3-4H2,1-2H3. The molecule has 0 aromatic heterocycles. The molecule has 2 unspecified atom stereocenters. The van der Waals surface area contributed by atoms with E-state index in [1.54, 1.807) is 0 Å². The smallest absolute Gasteiger partial charge is 0.322 e. The summed E-state index contributed by atoms with van der Waals surface area (Å²) in [7, 11) is 2.67. The summed E-state index contributed by atoms with van der Waals surface area (Å²) in [4.78, 5) is 22.1. The summed E-state index contributed by atoms with van der Waals surface area (Å²) in [6, 6.07) is -0.367. The minimum Gasteiger partial charge on any atom is -0.469 e. The molecule has 0 aromatic carbocycles. The van der Waals surface area contributed by atoms with Gasteiger partial charge in [0.2, 0.25) is 0 Å². The Bertz CT molecular complexity index is 194. The average molecular weight is 187 g/mol. The normalized spacial score (nSPS) is 26.9. The predicted molar refractivity (Wildman–Crippen MR) is 43.9 cm³/mol. The lowest BCUT2D eigenvalue weighted by Gasteiger charge is -2.06. The Balaban J connectivity index is 2.44. The molecule has 0 bridgehead atoms. The van der Waals surface area contributed by atoms with Crippen LogP contribution in [-0.2, 0) is 19.1 Å². The van der Waals surface area contributed by atoms with Crippen molar-refractivity contribution in [1.29, 1.82) is 0 Å². The van der Waals surface area contributed by atoms with E-state index >= 15 is 0 Å². The van der Waals surface area contributed by atoms with Crippen LogP contribution in [0.2, 0.25) is 0 Å². The lowest BCUT2D eigenvalue weighted by atomic mass is 10.1. The molecule has 0 spiro atoms. The highest BCUT2D eigenvalue weighted by Gasteiger charge is 2.34. The Morgan fingerprint density at radius 1 is 1.23 bits per heavy atom. The van der Waals surface area contributed by atoms with Crippen LogP contribution < -0.4 is 5.32 Å². The molecule has 0 aromatic rings. The molecule has 0 amide bonds. The number of carbonyl (C=O) groups is 2. The zero-order chi connectivity index (χ0) is 9.84. The van der Waals surface area contributed by atoms with Gasteiger partial charge in [0.25, 0.3) is 0 Å². The second kappa shape index (κ2) is 4.23. The van der Waals surface area contributed by atoms with Gasteiger partial charge >= 0.3 is 11.9 Å². The van der Waals surface area contributed by atoms with Crippen molar-refractivity contribution in [2.75, 3.05) is 20.8 Å². The van der Waals surface area contributed by atoms with E-state index < -0.39 is 0 Å². The van der Waals surface area contributed by atoms with Gasteiger partial charge in [0.15, 0.2) is 0 Å². The summed E-state index contributed by atoms with van der Waals surface area (Å²) in [5.74, 6) is -0.834. The molecule has 0 aliphatic carbocycles. The largest absolute Gasteiger partial charge is 0.469 e. The number of hydrogen-bond donors (Lipinski definition) is 1. The van der Waals surface area contributed by atoms with Gasteiger partial charge in [-0.1, -0.05) is 0 Å². The quantitative estimate of drug-likeness (QED) is 0.580. The summed E-state index contributed by atoms with van der Waals surface area (Å²) in [5, 5.41) is 2.90. The fourth-order valence-electron chi connectivity index (χ4n) is 1.40. The van der Waals surface area contributed by atoms with Gasteiger partial charge in [-0.2, -0.15) is 0 Å². The molecule has 1 aliphatic rings. The number of hydrogen-bond acceptors (Lipinski definition) is 5. The summed E-state index contributed by atoms with van der Waals surface area (Å²) in [5.41, 5.74) is 0. The van der Waals surface area contributed by atoms with Crippen molar-refractivity contribution in [2.45, 2.75) is 12.5 Å². The SMILES string of the molecule is COC(=O)C1CNC(C(=O)OC)C1. The van der Waals surface area contributed by atoms with Gasteiger partial charge < -0.3 is 14.8 Å². The highest BCUT2D eigenvalue weighted by atomic mass is 16.5. The molecular weight excluding hydrogens is 174 g/mol. The van der Waals surface area contributed by atoms with Crippen LogP contribution >= 0.6 is 0 Å². The van der Waals surface area contributed by atoms with Crippen molar-refractivity contribution in [3.05, 3.63) is 0 Å². The van der Waals surface area contributed by atoms with E-state index in [4.69, 9.17) is 0 Å². The lowest BCUT2D eigenvalue weighted by molar-refractivity contribution is -0.145. The van der Waals surface area contributed by atoms with E-state index in [-0.39, 0.29) is 23.9 Å². The van der Waals surface area contributed by atoms with Crippen molar-refractivity contribution >= 4 is 11.9 Å². The molecule has 0 radical (unpaired) electrons. The maximum absolute atomic E-state index is 11.1. The van der Waals surface area contributed by atoms with Crippen molar-refractivity contribution < 1.29 is 19.1 Å². The van der Waals surface area contributed by atoms with Crippen LogP contribution in [0.5, 0.6) is 0 Å². The van der Waals surface area contributed by atoms with Crippen LogP contribution in [0.15, 0.2) is 0 Å². The molecule has 1 heterocycles. The number of esters is 2. The fraction of sp³-hybridized carbons (Fsp3) is 0.750. The zero-order valence-corrected chi connectivity index (χ0v) is 7.70. The van der Waals surface area contributed by atoms with Gasteiger partial charge in [-0.25, -0.2) is 0 Å². The second-order valence-corrected chi connectivity index (χ2v) is 2.94. The molecule has 5 nitrogen and oxygen atoms in total. The van der Waals surface area contributed by atoms with Crippen LogP contribution in [0.1, 0.15) is 6.42 Å². The summed E-state index contributed by atoms with van der Waals surface area (Å²) in [6.45, 7) is 0.479. The molecular formula is C8H13NO4. The van der Waals surface area contributed by atoms with Crippen molar-refractivity contribution in [3.8, 4) is 0 Å².